The molecular formula is C21H19NO3. The minimum atomic E-state index is -0.916. The quantitative estimate of drug-likeness (QED) is 0.688. The predicted molar refractivity (Wildman–Crippen MR) is 99.2 cm³/mol. The number of ether oxygens (including phenoxy) is 1. The molecule has 0 aliphatic rings. The minimum absolute atomic E-state index is 0.293. The molecule has 0 aliphatic carbocycles. The van der Waals surface area contributed by atoms with E-state index in [9.17, 15) is 4.79 Å². The van der Waals surface area contributed by atoms with Gasteiger partial charge in [0.2, 0.25) is 0 Å². The Morgan fingerprint density at radius 3 is 2.44 bits per heavy atom. The van der Waals surface area contributed by atoms with Gasteiger partial charge in [-0.3, -0.25) is 0 Å². The molecule has 4 heteroatoms. The molecule has 0 aromatic heterocycles. The lowest BCUT2D eigenvalue weighted by molar-refractivity contribution is 0.0697. The van der Waals surface area contributed by atoms with Gasteiger partial charge in [0, 0.05) is 18.3 Å². The largest absolute Gasteiger partial charge is 0.497 e. The van der Waals surface area contributed by atoms with Crippen LogP contribution in [0.15, 0.2) is 72.8 Å². The summed E-state index contributed by atoms with van der Waals surface area (Å²) in [5.74, 6) is -0.0976. The summed E-state index contributed by atoms with van der Waals surface area (Å²) >= 11 is 0. The molecule has 0 unspecified atom stereocenters. The van der Waals surface area contributed by atoms with Crippen LogP contribution in [0.5, 0.6) is 5.75 Å². The zero-order chi connectivity index (χ0) is 17.6. The highest BCUT2D eigenvalue weighted by Gasteiger charge is 2.05. The molecule has 0 atom stereocenters. The topological polar surface area (TPSA) is 58.6 Å². The van der Waals surface area contributed by atoms with Gasteiger partial charge in [0.05, 0.1) is 12.7 Å². The lowest BCUT2D eigenvalue weighted by Crippen LogP contribution is -1.99. The summed E-state index contributed by atoms with van der Waals surface area (Å²) in [5.41, 5.74) is 4.32. The van der Waals surface area contributed by atoms with Gasteiger partial charge in [-0.15, -0.1) is 0 Å². The van der Waals surface area contributed by atoms with E-state index in [0.29, 0.717) is 12.1 Å². The van der Waals surface area contributed by atoms with Crippen molar-refractivity contribution >= 4 is 11.7 Å². The molecule has 0 spiro atoms. The van der Waals surface area contributed by atoms with Gasteiger partial charge in [-0.05, 0) is 41.0 Å². The van der Waals surface area contributed by atoms with E-state index in [-0.39, 0.29) is 0 Å². The fourth-order valence-electron chi connectivity index (χ4n) is 2.58. The minimum Gasteiger partial charge on any atom is -0.497 e. The molecule has 0 amide bonds. The molecule has 4 nitrogen and oxygen atoms in total. The fraction of sp³-hybridized carbons (Fsp3) is 0.0952. The Balaban J connectivity index is 1.70. The van der Waals surface area contributed by atoms with Crippen LogP contribution in [0.4, 0.5) is 5.69 Å². The first kappa shape index (κ1) is 16.6. The highest BCUT2D eigenvalue weighted by atomic mass is 16.5. The Morgan fingerprint density at radius 2 is 1.72 bits per heavy atom. The van der Waals surface area contributed by atoms with Crippen LogP contribution in [0, 0.1) is 0 Å². The van der Waals surface area contributed by atoms with E-state index < -0.39 is 5.97 Å². The molecule has 0 radical (unpaired) electrons. The van der Waals surface area contributed by atoms with E-state index >= 15 is 0 Å². The number of aromatic carboxylic acids is 1. The van der Waals surface area contributed by atoms with Gasteiger partial charge in [0.15, 0.2) is 0 Å². The van der Waals surface area contributed by atoms with E-state index in [1.165, 1.54) is 0 Å². The van der Waals surface area contributed by atoms with E-state index in [2.05, 4.69) is 5.32 Å². The molecule has 0 heterocycles. The summed E-state index contributed by atoms with van der Waals surface area (Å²) in [6.07, 6.45) is 0. The molecule has 3 rings (SSSR count). The molecule has 3 aromatic rings. The third-order valence-corrected chi connectivity index (χ3v) is 3.96. The van der Waals surface area contributed by atoms with Crippen molar-refractivity contribution < 1.29 is 14.6 Å². The van der Waals surface area contributed by atoms with E-state index in [1.807, 2.05) is 54.6 Å². The summed E-state index contributed by atoms with van der Waals surface area (Å²) < 4.78 is 5.22. The third kappa shape index (κ3) is 4.18. The predicted octanol–water partition coefficient (Wildman–Crippen LogP) is 4.67. The second-order valence-corrected chi connectivity index (χ2v) is 5.67. The lowest BCUT2D eigenvalue weighted by atomic mass is 10.0. The molecule has 2 N–H and O–H groups in total. The van der Waals surface area contributed by atoms with Gasteiger partial charge < -0.3 is 15.2 Å². The van der Waals surface area contributed by atoms with Crippen LogP contribution in [0.2, 0.25) is 0 Å². The Morgan fingerprint density at radius 1 is 0.960 bits per heavy atom. The number of anilines is 1. The Bertz CT molecular complexity index is 872. The summed E-state index contributed by atoms with van der Waals surface area (Å²) in [6, 6.07) is 22.8. The number of methoxy groups -OCH3 is 1. The first-order valence-electron chi connectivity index (χ1n) is 7.96. The highest BCUT2D eigenvalue weighted by Crippen LogP contribution is 2.22. The van der Waals surface area contributed by atoms with Crippen LogP contribution in [0.1, 0.15) is 15.9 Å². The highest BCUT2D eigenvalue weighted by molar-refractivity contribution is 5.89. The number of rotatable bonds is 6. The maximum absolute atomic E-state index is 11.1. The zero-order valence-electron chi connectivity index (χ0n) is 13.9. The number of carboxylic acid groups (broad SMARTS) is 1. The van der Waals surface area contributed by atoms with Gasteiger partial charge in [-0.1, -0.05) is 42.5 Å². The van der Waals surface area contributed by atoms with Crippen molar-refractivity contribution in [2.45, 2.75) is 6.54 Å². The van der Waals surface area contributed by atoms with Crippen molar-refractivity contribution in [3.8, 4) is 16.9 Å². The second kappa shape index (κ2) is 7.53. The van der Waals surface area contributed by atoms with Crippen molar-refractivity contribution in [3.05, 3.63) is 83.9 Å². The van der Waals surface area contributed by atoms with Gasteiger partial charge >= 0.3 is 5.97 Å². The molecule has 0 aliphatic heterocycles. The normalized spacial score (nSPS) is 10.3. The summed E-state index contributed by atoms with van der Waals surface area (Å²) in [6.45, 7) is 0.697. The molecule has 25 heavy (non-hydrogen) atoms. The molecule has 126 valence electrons. The number of nitrogens with one attached hydrogen (secondary N) is 1. The van der Waals surface area contributed by atoms with Gasteiger partial charge in [-0.2, -0.15) is 0 Å². The van der Waals surface area contributed by atoms with E-state index in [0.717, 1.165) is 28.1 Å². The molecule has 0 saturated heterocycles. The Labute approximate surface area is 146 Å². The van der Waals surface area contributed by atoms with Crippen LogP contribution >= 0.6 is 0 Å². The average molecular weight is 333 g/mol. The van der Waals surface area contributed by atoms with Crippen molar-refractivity contribution in [3.63, 3.8) is 0 Å². The van der Waals surface area contributed by atoms with E-state index in [4.69, 9.17) is 9.84 Å². The Hall–Kier alpha value is -3.27. The molecular weight excluding hydrogens is 314 g/mol. The average Bonchev–Trinajstić information content (AvgIpc) is 2.67. The van der Waals surface area contributed by atoms with Crippen LogP contribution in [0.3, 0.4) is 0 Å². The Kier molecular flexibility index (Phi) is 5.00. The van der Waals surface area contributed by atoms with Crippen LogP contribution in [0.25, 0.3) is 11.1 Å². The first-order chi connectivity index (χ1) is 12.2. The maximum atomic E-state index is 11.1. The van der Waals surface area contributed by atoms with Crippen LogP contribution in [-0.2, 0) is 6.54 Å². The summed E-state index contributed by atoms with van der Waals surface area (Å²) in [5, 5.41) is 12.5. The first-order valence-corrected chi connectivity index (χ1v) is 7.96. The summed E-state index contributed by atoms with van der Waals surface area (Å²) in [4.78, 5) is 11.1. The standard InChI is InChI=1S/C21H19NO3/c1-25-20-7-3-6-19(13-20)22-14-15-8-10-16(11-9-15)17-4-2-5-18(12-17)21(23)24/h2-13,22H,14H2,1H3,(H,23,24). The van der Waals surface area contributed by atoms with Gasteiger partial charge in [-0.25, -0.2) is 4.79 Å². The monoisotopic (exact) mass is 333 g/mol. The molecule has 3 aromatic carbocycles. The second-order valence-electron chi connectivity index (χ2n) is 5.67. The number of carbonyl (C=O) groups is 1. The maximum Gasteiger partial charge on any atom is 0.335 e. The van der Waals surface area contributed by atoms with Crippen molar-refractivity contribution in [1.82, 2.24) is 0 Å². The van der Waals surface area contributed by atoms with Crippen molar-refractivity contribution in [2.24, 2.45) is 0 Å². The van der Waals surface area contributed by atoms with Crippen LogP contribution < -0.4 is 10.1 Å². The number of hydrogen-bond donors (Lipinski definition) is 2. The molecule has 0 bridgehead atoms. The summed E-state index contributed by atoms with van der Waals surface area (Å²) in [7, 11) is 1.65. The van der Waals surface area contributed by atoms with Crippen molar-refractivity contribution in [1.29, 1.82) is 0 Å². The van der Waals surface area contributed by atoms with E-state index in [1.54, 1.807) is 25.3 Å². The lowest BCUT2D eigenvalue weighted by Gasteiger charge is -2.09. The fourth-order valence-corrected chi connectivity index (χ4v) is 2.58. The number of carboxylic acids is 1. The third-order valence-electron chi connectivity index (χ3n) is 3.96. The zero-order valence-corrected chi connectivity index (χ0v) is 13.9. The smallest absolute Gasteiger partial charge is 0.335 e. The van der Waals surface area contributed by atoms with Gasteiger partial charge in [0.1, 0.15) is 5.75 Å². The van der Waals surface area contributed by atoms with Crippen molar-refractivity contribution in [2.75, 3.05) is 12.4 Å². The SMILES string of the molecule is COc1cccc(NCc2ccc(-c3cccc(C(=O)O)c3)cc2)c1. The number of benzene rings is 3. The number of hydrogen-bond acceptors (Lipinski definition) is 3. The van der Waals surface area contributed by atoms with Gasteiger partial charge in [0.25, 0.3) is 0 Å². The molecule has 0 fully saturated rings. The molecule has 0 saturated carbocycles. The van der Waals surface area contributed by atoms with Crippen LogP contribution in [-0.4, -0.2) is 18.2 Å².